The normalized spacial score (nSPS) is 19.2. The van der Waals surface area contributed by atoms with Gasteiger partial charge in [0, 0.05) is 41.2 Å². The maximum Gasteiger partial charge on any atom is 0.372 e. The number of hydrogen-bond donors (Lipinski definition) is 3. The van der Waals surface area contributed by atoms with Gasteiger partial charge in [-0.15, -0.1) is 0 Å². The smallest absolute Gasteiger partial charge is 0.325 e. The molecule has 2 aliphatic rings. The molecule has 2 atom stereocenters. The van der Waals surface area contributed by atoms with Gasteiger partial charge >= 0.3 is 6.10 Å². The summed E-state index contributed by atoms with van der Waals surface area (Å²) in [5.74, 6) is -1.20. The topological polar surface area (TPSA) is 148 Å². The molecule has 33 heavy (non-hydrogen) atoms. The summed E-state index contributed by atoms with van der Waals surface area (Å²) in [5, 5.41) is 44.7. The molecule has 4 aromatic rings. The van der Waals surface area contributed by atoms with Crippen molar-refractivity contribution in [2.45, 2.75) is 24.5 Å². The van der Waals surface area contributed by atoms with E-state index in [9.17, 15) is 25.4 Å². The molecule has 2 bridgehead atoms. The highest BCUT2D eigenvalue weighted by Gasteiger charge is 2.52. The van der Waals surface area contributed by atoms with Crippen molar-refractivity contribution in [2.75, 3.05) is 0 Å². The summed E-state index contributed by atoms with van der Waals surface area (Å²) in [7, 11) is 0. The van der Waals surface area contributed by atoms with Crippen molar-refractivity contribution in [3.8, 4) is 17.2 Å². The van der Waals surface area contributed by atoms with Gasteiger partial charge in [-0.25, -0.2) is 14.5 Å². The maximum atomic E-state index is 13.3. The Morgan fingerprint density at radius 2 is 1.88 bits per heavy atom. The molecule has 6 rings (SSSR count). The summed E-state index contributed by atoms with van der Waals surface area (Å²) in [5.41, 5.74) is 4.55. The minimum Gasteiger partial charge on any atom is -0.325 e. The van der Waals surface area contributed by atoms with E-state index in [1.807, 2.05) is 12.1 Å². The van der Waals surface area contributed by atoms with Crippen molar-refractivity contribution in [3.63, 3.8) is 0 Å². The Bertz CT molecular complexity index is 1480. The highest BCUT2D eigenvalue weighted by Crippen LogP contribution is 2.53. The molecule has 1 aliphatic heterocycles. The zero-order valence-corrected chi connectivity index (χ0v) is 17.0. The van der Waals surface area contributed by atoms with Crippen LogP contribution in [0.15, 0.2) is 55.2 Å². The van der Waals surface area contributed by atoms with Gasteiger partial charge in [-0.05, 0) is 41.8 Å². The number of carbonyl (C=O) groups excluding carboxylic acids is 1. The lowest BCUT2D eigenvalue weighted by molar-refractivity contribution is -0.385. The molecule has 0 spiro atoms. The lowest BCUT2D eigenvalue weighted by atomic mass is 9.86. The van der Waals surface area contributed by atoms with E-state index in [-0.39, 0.29) is 12.0 Å². The molecule has 1 aromatic carbocycles. The molecule has 162 valence electrons. The molecule has 0 saturated carbocycles. The van der Waals surface area contributed by atoms with Gasteiger partial charge in [-0.2, -0.15) is 10.4 Å². The summed E-state index contributed by atoms with van der Waals surface area (Å²) < 4.78 is 1.65. The summed E-state index contributed by atoms with van der Waals surface area (Å²) in [6, 6.07) is 9.72. The van der Waals surface area contributed by atoms with Crippen LogP contribution in [0, 0.1) is 11.3 Å². The second kappa shape index (κ2) is 6.66. The largest absolute Gasteiger partial charge is 0.372 e. The number of benzene rings is 1. The standard InChI is InChI=1S/C23H16N6O4/c24-8-13-2-1-3-15-19(13)16-7-18(29(22(15)30)23(31,32)33)21-20(16)17-6-12(4-5-28(17)27-21)14-9-25-11-26-10-14/h1-6,9-11,16,18,31-33H,7H2. The first-order valence-electron chi connectivity index (χ1n) is 10.2. The van der Waals surface area contributed by atoms with E-state index in [0.717, 1.165) is 22.2 Å². The van der Waals surface area contributed by atoms with Gasteiger partial charge in [0.25, 0.3) is 5.91 Å². The maximum absolute atomic E-state index is 13.3. The molecule has 3 N–H and O–H groups in total. The molecule has 2 unspecified atom stereocenters. The molecule has 1 amide bonds. The van der Waals surface area contributed by atoms with Gasteiger partial charge in [0.1, 0.15) is 6.33 Å². The zero-order valence-electron chi connectivity index (χ0n) is 17.0. The van der Waals surface area contributed by atoms with Crippen molar-refractivity contribution < 1.29 is 20.1 Å². The van der Waals surface area contributed by atoms with Crippen molar-refractivity contribution >= 4 is 11.4 Å². The van der Waals surface area contributed by atoms with E-state index in [1.165, 1.54) is 12.4 Å². The Morgan fingerprint density at radius 1 is 1.09 bits per heavy atom. The lowest BCUT2D eigenvalue weighted by Crippen LogP contribution is -2.53. The minimum atomic E-state index is -3.40. The van der Waals surface area contributed by atoms with Crippen LogP contribution in [-0.4, -0.2) is 51.8 Å². The van der Waals surface area contributed by atoms with Crippen LogP contribution in [0.25, 0.3) is 16.6 Å². The third-order valence-corrected chi connectivity index (χ3v) is 6.38. The van der Waals surface area contributed by atoms with Crippen LogP contribution in [0.5, 0.6) is 0 Å². The van der Waals surface area contributed by atoms with E-state index < -0.39 is 24.0 Å². The number of hydrogen-bond acceptors (Lipinski definition) is 8. The fourth-order valence-corrected chi connectivity index (χ4v) is 5.10. The van der Waals surface area contributed by atoms with Crippen molar-refractivity contribution in [1.82, 2.24) is 24.5 Å². The number of amides is 1. The number of nitrogens with zero attached hydrogens (tertiary/aromatic N) is 6. The zero-order chi connectivity index (χ0) is 22.9. The van der Waals surface area contributed by atoms with Crippen molar-refractivity contribution in [3.05, 3.63) is 83.2 Å². The predicted octanol–water partition coefficient (Wildman–Crippen LogP) is 1.28. The molecule has 0 fully saturated rings. The van der Waals surface area contributed by atoms with Crippen LogP contribution < -0.4 is 0 Å². The van der Waals surface area contributed by atoms with Gasteiger partial charge in [0.2, 0.25) is 0 Å². The van der Waals surface area contributed by atoms with Crippen LogP contribution in [0.4, 0.5) is 0 Å². The summed E-state index contributed by atoms with van der Waals surface area (Å²) in [4.78, 5) is 22.1. The van der Waals surface area contributed by atoms with Gasteiger partial charge in [-0.1, -0.05) is 6.07 Å². The van der Waals surface area contributed by atoms with Crippen LogP contribution in [0.3, 0.4) is 0 Å². The third kappa shape index (κ3) is 2.71. The van der Waals surface area contributed by atoms with Crippen LogP contribution in [-0.2, 0) is 0 Å². The Labute approximate surface area is 186 Å². The summed E-state index contributed by atoms with van der Waals surface area (Å²) >= 11 is 0. The number of nitriles is 1. The van der Waals surface area contributed by atoms with Crippen molar-refractivity contribution in [1.29, 1.82) is 5.26 Å². The van der Waals surface area contributed by atoms with Gasteiger partial charge in [-0.3, -0.25) is 9.69 Å². The van der Waals surface area contributed by atoms with E-state index in [0.29, 0.717) is 21.7 Å². The first-order valence-corrected chi connectivity index (χ1v) is 10.2. The van der Waals surface area contributed by atoms with Crippen LogP contribution in [0.1, 0.15) is 51.1 Å². The molecule has 0 radical (unpaired) electrons. The minimum absolute atomic E-state index is 0.140. The molecular formula is C23H16N6O4. The highest BCUT2D eigenvalue weighted by molar-refractivity contribution is 5.98. The van der Waals surface area contributed by atoms with E-state index >= 15 is 0 Å². The molecule has 10 nitrogen and oxygen atoms in total. The molecule has 0 saturated heterocycles. The number of aliphatic hydroxyl groups is 3. The number of carbonyl (C=O) groups is 1. The second-order valence-electron chi connectivity index (χ2n) is 8.13. The fourth-order valence-electron chi connectivity index (χ4n) is 5.10. The molecule has 10 heteroatoms. The molecule has 4 heterocycles. The first-order chi connectivity index (χ1) is 15.9. The average Bonchev–Trinajstić information content (AvgIpc) is 3.31. The Balaban J connectivity index is 1.66. The second-order valence-corrected chi connectivity index (χ2v) is 8.13. The Hall–Kier alpha value is -4.17. The third-order valence-electron chi connectivity index (χ3n) is 6.38. The number of fused-ring (bicyclic) bond motifs is 9. The van der Waals surface area contributed by atoms with Crippen molar-refractivity contribution in [2.24, 2.45) is 0 Å². The van der Waals surface area contributed by atoms with Gasteiger partial charge in [0.15, 0.2) is 0 Å². The molecular weight excluding hydrogens is 424 g/mol. The van der Waals surface area contributed by atoms with Gasteiger partial charge < -0.3 is 15.3 Å². The van der Waals surface area contributed by atoms with E-state index in [2.05, 4.69) is 21.1 Å². The van der Waals surface area contributed by atoms with Crippen LogP contribution in [0.2, 0.25) is 0 Å². The lowest BCUT2D eigenvalue weighted by Gasteiger charge is -2.34. The number of pyridine rings is 1. The van der Waals surface area contributed by atoms with E-state index in [4.69, 9.17) is 0 Å². The SMILES string of the molecule is N#Cc1cccc2c1C1CC(c3nn4ccc(-c5cncnc5)cc4c31)N(C(O)(O)O)C2=O. The average molecular weight is 440 g/mol. The monoisotopic (exact) mass is 440 g/mol. The quantitative estimate of drug-likeness (QED) is 0.395. The number of rotatable bonds is 2. The summed E-state index contributed by atoms with van der Waals surface area (Å²) in [6.45, 7) is 0. The first kappa shape index (κ1) is 19.5. The Morgan fingerprint density at radius 3 is 2.61 bits per heavy atom. The fraction of sp³-hybridized carbons (Fsp3) is 0.174. The predicted molar refractivity (Wildman–Crippen MR) is 112 cm³/mol. The van der Waals surface area contributed by atoms with Gasteiger partial charge in [0.05, 0.1) is 28.9 Å². The number of aromatic nitrogens is 4. The highest BCUT2D eigenvalue weighted by atomic mass is 16.7. The van der Waals surface area contributed by atoms with E-state index in [1.54, 1.807) is 35.2 Å². The summed E-state index contributed by atoms with van der Waals surface area (Å²) in [6.07, 6.45) is 3.44. The Kier molecular flexibility index (Phi) is 3.94. The van der Waals surface area contributed by atoms with Crippen LogP contribution >= 0.6 is 0 Å². The molecule has 1 aliphatic carbocycles. The molecule has 3 aromatic heterocycles.